The Morgan fingerprint density at radius 2 is 1.34 bits per heavy atom. The molecule has 0 fully saturated rings. The van der Waals surface area contributed by atoms with E-state index < -0.39 is 20.8 Å². The molecule has 0 aliphatic heterocycles. The number of unbranched alkanes of at least 4 members (excludes halogenated alkanes) is 10. The Balaban J connectivity index is 0.00000512. The molecule has 0 amide bonds. The van der Waals surface area contributed by atoms with Gasteiger partial charge in [0.1, 0.15) is 16.4 Å². The Morgan fingerprint density at radius 1 is 0.812 bits per heavy atom. The molecule has 1 N–H and O–H groups in total. The molecule has 7 heteroatoms. The van der Waals surface area contributed by atoms with E-state index in [0.717, 1.165) is 31.0 Å². The van der Waals surface area contributed by atoms with Crippen LogP contribution in [-0.2, 0) is 16.5 Å². The minimum atomic E-state index is -4.47. The van der Waals surface area contributed by atoms with Crippen molar-refractivity contribution in [3.63, 3.8) is 0 Å². The van der Waals surface area contributed by atoms with E-state index in [0.29, 0.717) is 5.75 Å². The van der Waals surface area contributed by atoms with Crippen LogP contribution in [0.2, 0.25) is 0 Å². The first-order valence-electron chi connectivity index (χ1n) is 11.5. The van der Waals surface area contributed by atoms with Crippen molar-refractivity contribution in [3.05, 3.63) is 48.0 Å². The first kappa shape index (κ1) is 29.6. The second-order valence-corrected chi connectivity index (χ2v) is 9.51. The third kappa shape index (κ3) is 11.6. The zero-order chi connectivity index (χ0) is 22.5. The van der Waals surface area contributed by atoms with Crippen molar-refractivity contribution in [1.82, 2.24) is 0 Å². The van der Waals surface area contributed by atoms with Crippen molar-refractivity contribution in [2.75, 3.05) is 0 Å². The van der Waals surface area contributed by atoms with Crippen LogP contribution < -0.4 is 61.2 Å². The van der Waals surface area contributed by atoms with Crippen LogP contribution in [0, 0.1) is 0 Å². The molecule has 0 unspecified atom stereocenters. The van der Waals surface area contributed by atoms with Gasteiger partial charge in [0.15, 0.2) is 0 Å². The van der Waals surface area contributed by atoms with E-state index in [-0.39, 0.29) is 57.1 Å². The van der Waals surface area contributed by atoms with Gasteiger partial charge in [-0.05, 0) is 42.7 Å². The largest absolute Gasteiger partial charge is 1.00 e. The molecule has 0 spiro atoms. The molecule has 0 aliphatic rings. The maximum Gasteiger partial charge on any atom is 1.00 e. The molecule has 172 valence electrons. The van der Waals surface area contributed by atoms with Gasteiger partial charge in [0, 0.05) is 0 Å². The fourth-order valence-electron chi connectivity index (χ4n) is 3.63. The zero-order valence-corrected chi connectivity index (χ0v) is 23.5. The number of benzene rings is 2. The van der Waals surface area contributed by atoms with Crippen molar-refractivity contribution in [3.8, 4) is 17.2 Å². The average molecular weight is 487 g/mol. The van der Waals surface area contributed by atoms with E-state index >= 15 is 0 Å². The van der Waals surface area contributed by atoms with Gasteiger partial charge in [0.25, 0.3) is 10.1 Å². The summed E-state index contributed by atoms with van der Waals surface area (Å²) in [6.45, 7) is 2.25. The van der Waals surface area contributed by atoms with Gasteiger partial charge < -0.3 is 9.84 Å². The maximum absolute atomic E-state index is 11.5. The van der Waals surface area contributed by atoms with E-state index in [1.165, 1.54) is 69.8 Å². The smallest absolute Gasteiger partial charge is 0.872 e. The minimum Gasteiger partial charge on any atom is -0.872 e. The molecule has 0 saturated carbocycles. The Morgan fingerprint density at radius 3 is 1.88 bits per heavy atom. The second kappa shape index (κ2) is 16.3. The molecule has 2 aromatic carbocycles. The number of hydrogen-bond acceptors (Lipinski definition) is 4. The third-order valence-electron chi connectivity index (χ3n) is 5.41. The molecular weight excluding hydrogens is 451 g/mol. The summed E-state index contributed by atoms with van der Waals surface area (Å²) in [5.74, 6) is -0.151. The van der Waals surface area contributed by atoms with E-state index in [2.05, 4.69) is 6.92 Å². The van der Waals surface area contributed by atoms with Gasteiger partial charge in [-0.3, -0.25) is 4.55 Å². The summed E-state index contributed by atoms with van der Waals surface area (Å²) in [6.07, 6.45) is 15.5. The second-order valence-electron chi connectivity index (χ2n) is 8.12. The fraction of sp³-hybridized carbons (Fsp3) is 0.520. The van der Waals surface area contributed by atoms with Crippen LogP contribution in [0.3, 0.4) is 0 Å². The van der Waals surface area contributed by atoms with Gasteiger partial charge in [-0.1, -0.05) is 89.3 Å². The molecule has 0 aliphatic carbocycles. The maximum atomic E-state index is 11.5. The fourth-order valence-corrected chi connectivity index (χ4v) is 4.22. The first-order chi connectivity index (χ1) is 14.9. The van der Waals surface area contributed by atoms with Crippen LogP contribution in [0.5, 0.6) is 17.2 Å². The van der Waals surface area contributed by atoms with Crippen LogP contribution in [-0.4, -0.2) is 13.0 Å². The van der Waals surface area contributed by atoms with Crippen LogP contribution in [0.15, 0.2) is 47.4 Å². The van der Waals surface area contributed by atoms with Gasteiger partial charge in [-0.15, -0.1) is 5.75 Å². The number of ether oxygens (including phenoxy) is 1. The first-order valence-corrected chi connectivity index (χ1v) is 12.9. The molecule has 0 heterocycles. The van der Waals surface area contributed by atoms with Crippen molar-refractivity contribution >= 4 is 10.1 Å². The molecule has 0 bridgehead atoms. The van der Waals surface area contributed by atoms with Crippen molar-refractivity contribution in [1.29, 1.82) is 0 Å². The Kier molecular flexibility index (Phi) is 15.0. The normalized spacial score (nSPS) is 11.2. The van der Waals surface area contributed by atoms with Crippen molar-refractivity contribution in [2.45, 2.75) is 88.9 Å². The SMILES string of the molecule is CCCCCCCCCCCCCc1ccc(Oc2cc([O-])ccc2S(=O)(=O)O)cc1.[K+]. The van der Waals surface area contributed by atoms with Crippen molar-refractivity contribution in [2.24, 2.45) is 0 Å². The van der Waals surface area contributed by atoms with E-state index in [1.807, 2.05) is 12.1 Å². The molecule has 5 nitrogen and oxygen atoms in total. The van der Waals surface area contributed by atoms with Crippen LogP contribution in [0.4, 0.5) is 0 Å². The van der Waals surface area contributed by atoms with Crippen LogP contribution in [0.25, 0.3) is 0 Å². The van der Waals surface area contributed by atoms with Crippen LogP contribution in [0.1, 0.15) is 83.1 Å². The third-order valence-corrected chi connectivity index (χ3v) is 6.31. The molecular formula is C25H35KO5S. The summed E-state index contributed by atoms with van der Waals surface area (Å²) in [7, 11) is -4.47. The molecule has 0 saturated heterocycles. The van der Waals surface area contributed by atoms with Crippen molar-refractivity contribution < 1.29 is 74.2 Å². The predicted molar refractivity (Wildman–Crippen MR) is 122 cm³/mol. The minimum absolute atomic E-state index is 0. The Bertz CT molecular complexity index is 882. The van der Waals surface area contributed by atoms with Gasteiger partial charge in [-0.25, -0.2) is 0 Å². The quantitative estimate of drug-likeness (QED) is 0.236. The number of hydrogen-bond donors (Lipinski definition) is 1. The van der Waals surface area contributed by atoms with E-state index in [4.69, 9.17) is 4.74 Å². The van der Waals surface area contributed by atoms with Gasteiger partial charge >= 0.3 is 51.4 Å². The average Bonchev–Trinajstić information content (AvgIpc) is 2.72. The molecule has 32 heavy (non-hydrogen) atoms. The zero-order valence-electron chi connectivity index (χ0n) is 19.5. The van der Waals surface area contributed by atoms with Gasteiger partial charge in [0.05, 0.1) is 0 Å². The monoisotopic (exact) mass is 486 g/mol. The predicted octanol–water partition coefficient (Wildman–Crippen LogP) is 3.66. The summed E-state index contributed by atoms with van der Waals surface area (Å²) >= 11 is 0. The topological polar surface area (TPSA) is 86.7 Å². The molecule has 2 rings (SSSR count). The van der Waals surface area contributed by atoms with E-state index in [9.17, 15) is 18.1 Å². The molecule has 0 aromatic heterocycles. The number of rotatable bonds is 15. The molecule has 2 aromatic rings. The Hall–Kier alpha value is -0.414. The number of aryl methyl sites for hydroxylation is 1. The molecule has 0 radical (unpaired) electrons. The standard InChI is InChI=1S/C25H36O5S.K/c1-2-3-4-5-6-7-8-9-10-11-12-13-21-14-17-23(18-15-21)30-24-20-22(26)16-19-25(24)31(27,28)29;/h14-20,26H,2-13H2,1H3,(H,27,28,29);/q;+1/p-1. The van der Waals surface area contributed by atoms with Gasteiger partial charge in [0.2, 0.25) is 0 Å². The van der Waals surface area contributed by atoms with E-state index in [1.54, 1.807) is 12.1 Å². The molecule has 0 atom stereocenters. The van der Waals surface area contributed by atoms with Crippen LogP contribution >= 0.6 is 0 Å². The summed E-state index contributed by atoms with van der Waals surface area (Å²) < 4.78 is 37.8. The Labute approximate surface area is 236 Å². The summed E-state index contributed by atoms with van der Waals surface area (Å²) in [5, 5.41) is 11.5. The van der Waals surface area contributed by atoms with Gasteiger partial charge in [-0.2, -0.15) is 8.42 Å². The summed E-state index contributed by atoms with van der Waals surface area (Å²) in [4.78, 5) is -0.419. The summed E-state index contributed by atoms with van der Waals surface area (Å²) in [6, 6.07) is 10.6. The summed E-state index contributed by atoms with van der Waals surface area (Å²) in [5.41, 5.74) is 1.19.